The topological polar surface area (TPSA) is 54.7 Å². The highest BCUT2D eigenvalue weighted by atomic mass is 14.9. The number of benzene rings is 1. The van der Waals surface area contributed by atoms with Crippen molar-refractivity contribution in [2.24, 2.45) is 5.73 Å². The molecule has 1 atom stereocenters. The van der Waals surface area contributed by atoms with Crippen LogP contribution in [0.3, 0.4) is 0 Å². The summed E-state index contributed by atoms with van der Waals surface area (Å²) in [5.41, 5.74) is 8.68. The van der Waals surface area contributed by atoms with Crippen molar-refractivity contribution in [1.82, 2.24) is 4.57 Å². The number of nitrogens with two attached hydrogens (primary N) is 1. The summed E-state index contributed by atoms with van der Waals surface area (Å²) >= 11 is 0. The highest BCUT2D eigenvalue weighted by Crippen LogP contribution is 2.13. The maximum atomic E-state index is 9.01. The van der Waals surface area contributed by atoms with E-state index in [1.165, 1.54) is 0 Å². The monoisotopic (exact) mass is 225 g/mol. The molecule has 0 aliphatic carbocycles. The molecule has 3 heteroatoms. The van der Waals surface area contributed by atoms with E-state index < -0.39 is 0 Å². The Morgan fingerprint density at radius 1 is 1.35 bits per heavy atom. The Hall–Kier alpha value is -2.05. The largest absolute Gasteiger partial charge is 0.350 e. The van der Waals surface area contributed by atoms with Gasteiger partial charge in [-0.3, -0.25) is 0 Å². The Balaban J connectivity index is 2.23. The van der Waals surface area contributed by atoms with Crippen molar-refractivity contribution in [3.05, 3.63) is 59.4 Å². The molecule has 0 bridgehead atoms. The van der Waals surface area contributed by atoms with Crippen LogP contribution in [0.25, 0.3) is 0 Å². The fourth-order valence-electron chi connectivity index (χ4n) is 1.79. The molecule has 2 aromatic rings. The number of nitrogens with zero attached hydrogens (tertiary/aromatic N) is 2. The first-order valence-corrected chi connectivity index (χ1v) is 5.60. The lowest BCUT2D eigenvalue weighted by atomic mass is 10.1. The highest BCUT2D eigenvalue weighted by Gasteiger charge is 2.04. The first-order valence-electron chi connectivity index (χ1n) is 5.60. The zero-order valence-electron chi connectivity index (χ0n) is 9.80. The quantitative estimate of drug-likeness (QED) is 0.872. The molecule has 0 saturated heterocycles. The zero-order valence-corrected chi connectivity index (χ0v) is 9.80. The minimum atomic E-state index is 0.0439. The molecule has 0 amide bonds. The van der Waals surface area contributed by atoms with Crippen molar-refractivity contribution in [3.63, 3.8) is 0 Å². The molecule has 0 fully saturated rings. The summed E-state index contributed by atoms with van der Waals surface area (Å²) in [5.74, 6) is 0. The van der Waals surface area contributed by atoms with E-state index in [2.05, 4.69) is 10.6 Å². The molecule has 17 heavy (non-hydrogen) atoms. The van der Waals surface area contributed by atoms with Crippen molar-refractivity contribution >= 4 is 0 Å². The molecular formula is C14H15N3. The van der Waals surface area contributed by atoms with Crippen molar-refractivity contribution < 1.29 is 0 Å². The molecule has 3 nitrogen and oxygen atoms in total. The van der Waals surface area contributed by atoms with Gasteiger partial charge in [0.05, 0.1) is 11.6 Å². The number of aromatic nitrogens is 1. The summed E-state index contributed by atoms with van der Waals surface area (Å²) in [5, 5.41) is 9.01. The molecule has 0 radical (unpaired) electrons. The lowest BCUT2D eigenvalue weighted by Crippen LogP contribution is -2.04. The first-order chi connectivity index (χ1) is 8.20. The van der Waals surface area contributed by atoms with Crippen molar-refractivity contribution in [2.45, 2.75) is 19.5 Å². The summed E-state index contributed by atoms with van der Waals surface area (Å²) in [6, 6.07) is 11.9. The second-order valence-electron chi connectivity index (χ2n) is 4.17. The fourth-order valence-corrected chi connectivity index (χ4v) is 1.79. The van der Waals surface area contributed by atoms with Gasteiger partial charge in [0.1, 0.15) is 0 Å². The van der Waals surface area contributed by atoms with E-state index in [-0.39, 0.29) is 6.04 Å². The van der Waals surface area contributed by atoms with Gasteiger partial charge >= 0.3 is 0 Å². The normalized spacial score (nSPS) is 12.1. The van der Waals surface area contributed by atoms with Crippen molar-refractivity contribution in [3.8, 4) is 6.07 Å². The average molecular weight is 225 g/mol. The molecule has 86 valence electrons. The molecule has 0 aliphatic rings. The predicted octanol–water partition coefficient (Wildman–Crippen LogP) is 2.43. The molecule has 1 aromatic carbocycles. The number of rotatable bonds is 3. The zero-order chi connectivity index (χ0) is 12.3. The Kier molecular flexibility index (Phi) is 3.27. The van der Waals surface area contributed by atoms with E-state index in [4.69, 9.17) is 11.0 Å². The summed E-state index contributed by atoms with van der Waals surface area (Å²) in [7, 11) is 0. The van der Waals surface area contributed by atoms with E-state index >= 15 is 0 Å². The molecule has 2 rings (SSSR count). The predicted molar refractivity (Wildman–Crippen MR) is 67.3 cm³/mol. The maximum absolute atomic E-state index is 9.01. The smallest absolute Gasteiger partial charge is 0.0995 e. The molecule has 1 unspecified atom stereocenters. The van der Waals surface area contributed by atoms with Crippen molar-refractivity contribution in [1.29, 1.82) is 5.26 Å². The summed E-state index contributed by atoms with van der Waals surface area (Å²) < 4.78 is 2.05. The van der Waals surface area contributed by atoms with Crippen LogP contribution in [-0.4, -0.2) is 4.57 Å². The van der Waals surface area contributed by atoms with Crippen LogP contribution in [0.1, 0.15) is 29.7 Å². The minimum Gasteiger partial charge on any atom is -0.350 e. The Morgan fingerprint density at radius 2 is 2.12 bits per heavy atom. The molecule has 0 saturated carbocycles. The van der Waals surface area contributed by atoms with E-state index in [0.717, 1.165) is 16.7 Å². The van der Waals surface area contributed by atoms with Crippen molar-refractivity contribution in [2.75, 3.05) is 0 Å². The highest BCUT2D eigenvalue weighted by molar-refractivity contribution is 5.37. The number of hydrogen-bond donors (Lipinski definition) is 1. The molecule has 1 heterocycles. The fraction of sp³-hybridized carbons (Fsp3) is 0.214. The van der Waals surface area contributed by atoms with E-state index in [1.807, 2.05) is 49.6 Å². The van der Waals surface area contributed by atoms with Gasteiger partial charge in [-0.05, 0) is 30.2 Å². The van der Waals surface area contributed by atoms with Crippen LogP contribution in [0.4, 0.5) is 0 Å². The Labute approximate surface area is 101 Å². The van der Waals surface area contributed by atoms with E-state index in [0.29, 0.717) is 6.54 Å². The van der Waals surface area contributed by atoms with Gasteiger partial charge in [-0.25, -0.2) is 0 Å². The van der Waals surface area contributed by atoms with Gasteiger partial charge in [-0.15, -0.1) is 0 Å². The lowest BCUT2D eigenvalue weighted by molar-refractivity contribution is 0.776. The number of hydrogen-bond acceptors (Lipinski definition) is 2. The first kappa shape index (κ1) is 11.4. The Bertz CT molecular complexity index is 547. The van der Waals surface area contributed by atoms with Gasteiger partial charge < -0.3 is 10.3 Å². The van der Waals surface area contributed by atoms with Gasteiger partial charge in [0.25, 0.3) is 0 Å². The van der Waals surface area contributed by atoms with Crippen LogP contribution in [0.5, 0.6) is 0 Å². The standard InChI is InChI=1S/C14H15N3/c1-11(16)13-6-7-17(9-13)10-14-5-3-2-4-12(14)8-15/h2-7,9,11H,10,16H2,1H3. The van der Waals surface area contributed by atoms with Gasteiger partial charge in [-0.2, -0.15) is 5.26 Å². The van der Waals surface area contributed by atoms with Gasteiger partial charge in [0.2, 0.25) is 0 Å². The van der Waals surface area contributed by atoms with Crippen LogP contribution < -0.4 is 5.73 Å². The molecule has 0 aliphatic heterocycles. The SMILES string of the molecule is CC(N)c1ccn(Cc2ccccc2C#N)c1. The third-order valence-electron chi connectivity index (χ3n) is 2.79. The van der Waals surface area contributed by atoms with Gasteiger partial charge in [0.15, 0.2) is 0 Å². The van der Waals surface area contributed by atoms with E-state index in [9.17, 15) is 0 Å². The third kappa shape index (κ3) is 2.55. The van der Waals surface area contributed by atoms with Crippen LogP contribution in [-0.2, 0) is 6.54 Å². The van der Waals surface area contributed by atoms with Crippen LogP contribution in [0, 0.1) is 11.3 Å². The summed E-state index contributed by atoms with van der Waals surface area (Å²) in [6.45, 7) is 2.67. The molecule has 2 N–H and O–H groups in total. The lowest BCUT2D eigenvalue weighted by Gasteiger charge is -2.05. The van der Waals surface area contributed by atoms with E-state index in [1.54, 1.807) is 0 Å². The number of nitriles is 1. The second-order valence-corrected chi connectivity index (χ2v) is 4.17. The Morgan fingerprint density at radius 3 is 2.76 bits per heavy atom. The van der Waals surface area contributed by atoms with Gasteiger partial charge in [0, 0.05) is 25.0 Å². The maximum Gasteiger partial charge on any atom is 0.0995 e. The van der Waals surface area contributed by atoms with Crippen LogP contribution >= 0.6 is 0 Å². The molecule has 1 aromatic heterocycles. The third-order valence-corrected chi connectivity index (χ3v) is 2.79. The average Bonchev–Trinajstić information content (AvgIpc) is 2.78. The minimum absolute atomic E-state index is 0.0439. The summed E-state index contributed by atoms with van der Waals surface area (Å²) in [6.07, 6.45) is 4.02. The molecule has 0 spiro atoms. The summed E-state index contributed by atoms with van der Waals surface area (Å²) in [4.78, 5) is 0. The van der Waals surface area contributed by atoms with Crippen LogP contribution in [0.15, 0.2) is 42.7 Å². The molecular weight excluding hydrogens is 210 g/mol. The van der Waals surface area contributed by atoms with Crippen LogP contribution in [0.2, 0.25) is 0 Å². The van der Waals surface area contributed by atoms with Gasteiger partial charge in [-0.1, -0.05) is 18.2 Å². The second kappa shape index (κ2) is 4.86.